The molecule has 1 N–H and O–H groups in total. The maximum absolute atomic E-state index is 10.8. The van der Waals surface area contributed by atoms with Crippen LogP contribution in [-0.2, 0) is 0 Å². The van der Waals surface area contributed by atoms with Crippen molar-refractivity contribution in [2.75, 3.05) is 6.54 Å². The van der Waals surface area contributed by atoms with Crippen LogP contribution in [0.4, 0.5) is 5.69 Å². The lowest BCUT2D eigenvalue weighted by atomic mass is 9.81. The number of hydrogen-bond donors (Lipinski definition) is 1. The summed E-state index contributed by atoms with van der Waals surface area (Å²) in [6.07, 6.45) is 1.11. The molecule has 1 rings (SSSR count). The first-order chi connectivity index (χ1) is 9.38. The molecule has 4 heteroatoms. The molecule has 0 saturated carbocycles. The number of nitro benzene ring substituents is 1. The zero-order valence-electron chi connectivity index (χ0n) is 13.1. The summed E-state index contributed by atoms with van der Waals surface area (Å²) in [5, 5.41) is 14.4. The molecule has 20 heavy (non-hydrogen) atoms. The molecule has 0 aliphatic carbocycles. The Morgan fingerprint density at radius 3 is 2.40 bits per heavy atom. The maximum Gasteiger partial charge on any atom is 0.269 e. The number of aryl methyl sites for hydroxylation is 1. The summed E-state index contributed by atoms with van der Waals surface area (Å²) in [6.45, 7) is 11.7. The average Bonchev–Trinajstić information content (AvgIpc) is 2.37. The van der Waals surface area contributed by atoms with E-state index in [9.17, 15) is 10.1 Å². The normalized spacial score (nSPS) is 14.3. The zero-order chi connectivity index (χ0) is 15.3. The van der Waals surface area contributed by atoms with Gasteiger partial charge in [0.25, 0.3) is 5.69 Å². The van der Waals surface area contributed by atoms with Crippen LogP contribution in [0.15, 0.2) is 18.2 Å². The monoisotopic (exact) mass is 278 g/mol. The van der Waals surface area contributed by atoms with E-state index in [1.165, 1.54) is 5.56 Å². The smallest absolute Gasteiger partial charge is 0.269 e. The van der Waals surface area contributed by atoms with Gasteiger partial charge in [0.1, 0.15) is 0 Å². The van der Waals surface area contributed by atoms with E-state index < -0.39 is 0 Å². The lowest BCUT2D eigenvalue weighted by Gasteiger charge is -2.30. The second-order valence-corrected chi connectivity index (χ2v) is 5.81. The first kappa shape index (κ1) is 16.6. The van der Waals surface area contributed by atoms with Crippen molar-refractivity contribution in [2.45, 2.75) is 53.0 Å². The van der Waals surface area contributed by atoms with Crippen molar-refractivity contribution < 1.29 is 4.92 Å². The molecule has 0 radical (unpaired) electrons. The second kappa shape index (κ2) is 7.39. The van der Waals surface area contributed by atoms with E-state index in [-0.39, 0.29) is 10.6 Å². The third-order valence-corrected chi connectivity index (χ3v) is 3.80. The standard InChI is InChI=1S/C16H26N2O2/c1-6-9-17-13(5)16(11(2)3)15-8-7-14(18(19)20)10-12(15)4/h7-8,10-11,13,16-17H,6,9H2,1-5H3. The molecular weight excluding hydrogens is 252 g/mol. The minimum Gasteiger partial charge on any atom is -0.314 e. The Hall–Kier alpha value is -1.42. The molecule has 1 aromatic carbocycles. The minimum absolute atomic E-state index is 0.169. The predicted molar refractivity (Wildman–Crippen MR) is 83.2 cm³/mol. The Kier molecular flexibility index (Phi) is 6.14. The van der Waals surface area contributed by atoms with Gasteiger partial charge in [-0.15, -0.1) is 0 Å². The van der Waals surface area contributed by atoms with Crippen molar-refractivity contribution in [1.29, 1.82) is 0 Å². The van der Waals surface area contributed by atoms with Gasteiger partial charge < -0.3 is 5.32 Å². The fourth-order valence-corrected chi connectivity index (χ4v) is 2.85. The molecule has 4 nitrogen and oxygen atoms in total. The largest absolute Gasteiger partial charge is 0.314 e. The summed E-state index contributed by atoms with van der Waals surface area (Å²) in [5.41, 5.74) is 2.38. The second-order valence-electron chi connectivity index (χ2n) is 5.81. The number of benzene rings is 1. The fraction of sp³-hybridized carbons (Fsp3) is 0.625. The van der Waals surface area contributed by atoms with Crippen LogP contribution in [0, 0.1) is 23.0 Å². The van der Waals surface area contributed by atoms with Crippen LogP contribution >= 0.6 is 0 Å². The van der Waals surface area contributed by atoms with E-state index in [4.69, 9.17) is 0 Å². The van der Waals surface area contributed by atoms with Crippen molar-refractivity contribution in [1.82, 2.24) is 5.32 Å². The third kappa shape index (κ3) is 4.04. The van der Waals surface area contributed by atoms with Crippen LogP contribution in [0.5, 0.6) is 0 Å². The van der Waals surface area contributed by atoms with Gasteiger partial charge in [-0.1, -0.05) is 26.8 Å². The fourth-order valence-electron chi connectivity index (χ4n) is 2.85. The van der Waals surface area contributed by atoms with Crippen LogP contribution in [0.3, 0.4) is 0 Å². The quantitative estimate of drug-likeness (QED) is 0.605. The molecule has 0 amide bonds. The maximum atomic E-state index is 10.8. The molecule has 0 bridgehead atoms. The van der Waals surface area contributed by atoms with Gasteiger partial charge in [-0.2, -0.15) is 0 Å². The molecule has 0 saturated heterocycles. The van der Waals surface area contributed by atoms with Gasteiger partial charge in [-0.3, -0.25) is 10.1 Å². The summed E-state index contributed by atoms with van der Waals surface area (Å²) >= 11 is 0. The van der Waals surface area contributed by atoms with Crippen LogP contribution in [0.1, 0.15) is 51.2 Å². The Labute approximate surface area is 121 Å². The van der Waals surface area contributed by atoms with Gasteiger partial charge in [0, 0.05) is 24.1 Å². The molecule has 0 heterocycles. The lowest BCUT2D eigenvalue weighted by Crippen LogP contribution is -2.35. The molecule has 2 atom stereocenters. The molecule has 0 spiro atoms. The highest BCUT2D eigenvalue weighted by Crippen LogP contribution is 2.32. The summed E-state index contributed by atoms with van der Waals surface area (Å²) < 4.78 is 0. The molecule has 0 aliphatic rings. The van der Waals surface area contributed by atoms with Crippen LogP contribution in [-0.4, -0.2) is 17.5 Å². The van der Waals surface area contributed by atoms with E-state index >= 15 is 0 Å². The number of hydrogen-bond acceptors (Lipinski definition) is 3. The number of nitro groups is 1. The van der Waals surface area contributed by atoms with Crippen LogP contribution in [0.2, 0.25) is 0 Å². The van der Waals surface area contributed by atoms with Gasteiger partial charge in [-0.05, 0) is 43.9 Å². The molecule has 0 fully saturated rings. The average molecular weight is 278 g/mol. The van der Waals surface area contributed by atoms with Gasteiger partial charge in [0.2, 0.25) is 0 Å². The molecule has 0 aliphatic heterocycles. The van der Waals surface area contributed by atoms with Gasteiger partial charge >= 0.3 is 0 Å². The van der Waals surface area contributed by atoms with Crippen molar-refractivity contribution in [2.24, 2.45) is 5.92 Å². The molecule has 0 aromatic heterocycles. The Balaban J connectivity index is 3.06. The topological polar surface area (TPSA) is 55.2 Å². The van der Waals surface area contributed by atoms with Crippen molar-refractivity contribution in [3.63, 3.8) is 0 Å². The van der Waals surface area contributed by atoms with E-state index in [1.807, 2.05) is 13.0 Å². The third-order valence-electron chi connectivity index (χ3n) is 3.80. The first-order valence-electron chi connectivity index (χ1n) is 7.36. The highest BCUT2D eigenvalue weighted by atomic mass is 16.6. The Morgan fingerprint density at radius 2 is 1.95 bits per heavy atom. The zero-order valence-corrected chi connectivity index (χ0v) is 13.1. The highest BCUT2D eigenvalue weighted by Gasteiger charge is 2.24. The van der Waals surface area contributed by atoms with E-state index in [0.717, 1.165) is 18.5 Å². The van der Waals surface area contributed by atoms with Gasteiger partial charge in [0.15, 0.2) is 0 Å². The number of rotatable bonds is 7. The SMILES string of the molecule is CCCNC(C)C(c1ccc([N+](=O)[O-])cc1C)C(C)C. The Morgan fingerprint density at radius 1 is 1.30 bits per heavy atom. The number of nitrogens with one attached hydrogen (secondary N) is 1. The number of nitrogens with zero attached hydrogens (tertiary/aromatic N) is 1. The minimum atomic E-state index is -0.333. The summed E-state index contributed by atoms with van der Waals surface area (Å²) in [7, 11) is 0. The van der Waals surface area contributed by atoms with E-state index in [1.54, 1.807) is 12.1 Å². The van der Waals surface area contributed by atoms with Crippen molar-refractivity contribution in [3.8, 4) is 0 Å². The Bertz CT molecular complexity index is 458. The van der Waals surface area contributed by atoms with Crippen molar-refractivity contribution in [3.05, 3.63) is 39.4 Å². The van der Waals surface area contributed by atoms with Crippen molar-refractivity contribution >= 4 is 5.69 Å². The highest BCUT2D eigenvalue weighted by molar-refractivity contribution is 5.41. The van der Waals surface area contributed by atoms with Gasteiger partial charge in [0.05, 0.1) is 4.92 Å². The van der Waals surface area contributed by atoms with Gasteiger partial charge in [-0.25, -0.2) is 0 Å². The molecule has 2 unspecified atom stereocenters. The lowest BCUT2D eigenvalue weighted by molar-refractivity contribution is -0.384. The predicted octanol–water partition coefficient (Wildman–Crippen LogP) is 4.03. The first-order valence-corrected chi connectivity index (χ1v) is 7.36. The molecule has 112 valence electrons. The summed E-state index contributed by atoms with van der Waals surface area (Å²) in [5.74, 6) is 0.844. The molecular formula is C16H26N2O2. The van der Waals surface area contributed by atoms with Crippen LogP contribution < -0.4 is 5.32 Å². The molecule has 1 aromatic rings. The van der Waals surface area contributed by atoms with E-state index in [2.05, 4.69) is 33.0 Å². The summed E-state index contributed by atoms with van der Waals surface area (Å²) in [6, 6.07) is 5.57. The van der Waals surface area contributed by atoms with E-state index in [0.29, 0.717) is 17.9 Å². The van der Waals surface area contributed by atoms with Crippen LogP contribution in [0.25, 0.3) is 0 Å². The summed E-state index contributed by atoms with van der Waals surface area (Å²) in [4.78, 5) is 10.5. The number of non-ortho nitro benzene ring substituents is 1.